The Balaban J connectivity index is 2.16. The molecule has 0 spiro atoms. The highest BCUT2D eigenvalue weighted by Crippen LogP contribution is 2.37. The summed E-state index contributed by atoms with van der Waals surface area (Å²) in [7, 11) is 1.36. The number of carboxylic acids is 1. The Morgan fingerprint density at radius 3 is 2.57 bits per heavy atom. The van der Waals surface area contributed by atoms with E-state index in [-0.39, 0.29) is 17.1 Å². The van der Waals surface area contributed by atoms with Crippen molar-refractivity contribution in [1.82, 2.24) is 10.3 Å². The maximum absolute atomic E-state index is 12.4. The van der Waals surface area contributed by atoms with E-state index in [1.165, 1.54) is 7.11 Å². The molecule has 0 aliphatic carbocycles. The molecule has 2 N–H and O–H groups in total. The third kappa shape index (κ3) is 3.68. The number of nitriles is 1. The number of aromatic nitrogens is 1. The minimum Gasteiger partial charge on any atom is -0.494 e. The number of hydrogen-bond donors (Lipinski definition) is 2. The van der Waals surface area contributed by atoms with Gasteiger partial charge in [-0.2, -0.15) is 5.26 Å². The van der Waals surface area contributed by atoms with Crippen molar-refractivity contribution >= 4 is 22.6 Å². The van der Waals surface area contributed by atoms with Gasteiger partial charge in [-0.3, -0.25) is 9.59 Å². The Kier molecular flexibility index (Phi) is 5.37. The summed E-state index contributed by atoms with van der Waals surface area (Å²) < 4.78 is 11.2. The average Bonchev–Trinajstić information content (AvgIpc) is 2.71. The summed E-state index contributed by atoms with van der Waals surface area (Å²) in [4.78, 5) is 27.2. The number of nitrogens with one attached hydrogen (secondary N) is 1. The molecule has 0 fully saturated rings. The van der Waals surface area contributed by atoms with Crippen LogP contribution in [0, 0.1) is 11.3 Å². The van der Waals surface area contributed by atoms with E-state index < -0.39 is 18.4 Å². The first-order valence-electron chi connectivity index (χ1n) is 8.19. The number of amides is 1. The molecule has 2 aromatic carbocycles. The highest BCUT2D eigenvalue weighted by atomic mass is 16.5. The lowest BCUT2D eigenvalue weighted by atomic mass is 10.1. The molecule has 0 unspecified atom stereocenters. The summed E-state index contributed by atoms with van der Waals surface area (Å²) in [5.41, 5.74) is -0.215. The fraction of sp³-hybridized carbons (Fsp3) is 0.100. The monoisotopic (exact) mass is 377 g/mol. The second kappa shape index (κ2) is 8.05. The molecule has 140 valence electrons. The van der Waals surface area contributed by atoms with E-state index >= 15 is 0 Å². The minimum atomic E-state index is -1.20. The molecule has 3 rings (SSSR count). The summed E-state index contributed by atoms with van der Waals surface area (Å²) in [5.74, 6) is -0.890. The first-order valence-corrected chi connectivity index (χ1v) is 8.19. The van der Waals surface area contributed by atoms with E-state index in [2.05, 4.69) is 10.3 Å². The predicted molar refractivity (Wildman–Crippen MR) is 99.5 cm³/mol. The van der Waals surface area contributed by atoms with Gasteiger partial charge in [0.2, 0.25) is 0 Å². The number of carboxylic acid groups (broad SMARTS) is 1. The highest BCUT2D eigenvalue weighted by Gasteiger charge is 2.23. The van der Waals surface area contributed by atoms with Gasteiger partial charge in [-0.1, -0.05) is 30.3 Å². The lowest BCUT2D eigenvalue weighted by Gasteiger charge is -2.15. The number of carbonyl (C=O) groups excluding carboxylic acids is 1. The zero-order valence-electron chi connectivity index (χ0n) is 14.8. The fourth-order valence-corrected chi connectivity index (χ4v) is 2.69. The molecule has 1 aromatic heterocycles. The molecule has 3 aromatic rings. The van der Waals surface area contributed by atoms with Gasteiger partial charge in [-0.05, 0) is 18.2 Å². The molecule has 1 amide bonds. The standard InChI is InChI=1S/C20H15N3O5/c1-27-19-13-8-5-9-15(28-12-6-3-2-4-7-12)17(13)14(10-21)23-18(19)20(26)22-11-16(24)25/h2-9H,11H2,1H3,(H,22,26)(H,24,25). The Bertz CT molecular complexity index is 1090. The number of carbonyl (C=O) groups is 2. The van der Waals surface area contributed by atoms with E-state index in [1.54, 1.807) is 30.3 Å². The van der Waals surface area contributed by atoms with E-state index in [0.717, 1.165) is 0 Å². The van der Waals surface area contributed by atoms with Crippen LogP contribution >= 0.6 is 0 Å². The third-order valence-corrected chi connectivity index (χ3v) is 3.84. The summed E-state index contributed by atoms with van der Waals surface area (Å²) in [6.07, 6.45) is 0. The number of fused-ring (bicyclic) bond motifs is 1. The first kappa shape index (κ1) is 18.7. The Labute approximate surface area is 160 Å². The Hall–Kier alpha value is -4.12. The lowest BCUT2D eigenvalue weighted by molar-refractivity contribution is -0.135. The molecule has 1 heterocycles. The second-order valence-electron chi connectivity index (χ2n) is 5.62. The zero-order valence-corrected chi connectivity index (χ0v) is 14.8. The highest BCUT2D eigenvalue weighted by molar-refractivity contribution is 6.05. The molecule has 0 saturated carbocycles. The summed E-state index contributed by atoms with van der Waals surface area (Å²) in [6, 6.07) is 16.0. The van der Waals surface area contributed by atoms with Gasteiger partial charge in [0.05, 0.1) is 12.5 Å². The summed E-state index contributed by atoms with van der Waals surface area (Å²) >= 11 is 0. The maximum atomic E-state index is 12.4. The van der Waals surface area contributed by atoms with Crippen LogP contribution in [0.3, 0.4) is 0 Å². The molecule has 0 radical (unpaired) electrons. The van der Waals surface area contributed by atoms with Crippen molar-refractivity contribution < 1.29 is 24.2 Å². The predicted octanol–water partition coefficient (Wildman–Crippen LogP) is 2.72. The Morgan fingerprint density at radius 2 is 1.93 bits per heavy atom. The SMILES string of the molecule is COc1c(C(=O)NCC(=O)O)nc(C#N)c2c(Oc3ccccc3)cccc12. The van der Waals surface area contributed by atoms with Gasteiger partial charge in [0.25, 0.3) is 5.91 Å². The Morgan fingerprint density at radius 1 is 1.18 bits per heavy atom. The molecule has 0 aliphatic heterocycles. The van der Waals surface area contributed by atoms with E-state index in [9.17, 15) is 14.9 Å². The number of nitrogens with zero attached hydrogens (tertiary/aromatic N) is 2. The molecule has 8 heteroatoms. The average molecular weight is 377 g/mol. The molecule has 0 atom stereocenters. The maximum Gasteiger partial charge on any atom is 0.322 e. The number of benzene rings is 2. The van der Waals surface area contributed by atoms with Gasteiger partial charge in [-0.15, -0.1) is 0 Å². The van der Waals surface area contributed by atoms with Crippen LogP contribution in [0.4, 0.5) is 0 Å². The molecular weight excluding hydrogens is 362 g/mol. The van der Waals surface area contributed by atoms with Crippen molar-refractivity contribution in [3.05, 3.63) is 59.9 Å². The minimum absolute atomic E-state index is 0.0391. The molecule has 0 aliphatic rings. The van der Waals surface area contributed by atoms with Crippen molar-refractivity contribution in [2.24, 2.45) is 0 Å². The van der Waals surface area contributed by atoms with Crippen molar-refractivity contribution in [3.8, 4) is 23.3 Å². The van der Waals surface area contributed by atoms with Crippen LogP contribution in [0.25, 0.3) is 10.8 Å². The molecular formula is C20H15N3O5. The van der Waals surface area contributed by atoms with E-state index in [1.807, 2.05) is 24.3 Å². The number of pyridine rings is 1. The first-order chi connectivity index (χ1) is 13.5. The van der Waals surface area contributed by atoms with Gasteiger partial charge in [0, 0.05) is 5.39 Å². The van der Waals surface area contributed by atoms with Crippen molar-refractivity contribution in [2.75, 3.05) is 13.7 Å². The normalized spacial score (nSPS) is 10.1. The van der Waals surface area contributed by atoms with Crippen LogP contribution < -0.4 is 14.8 Å². The van der Waals surface area contributed by atoms with Gasteiger partial charge >= 0.3 is 5.97 Å². The number of methoxy groups -OCH3 is 1. The smallest absolute Gasteiger partial charge is 0.322 e. The van der Waals surface area contributed by atoms with Crippen molar-refractivity contribution in [2.45, 2.75) is 0 Å². The van der Waals surface area contributed by atoms with Crippen LogP contribution in [-0.2, 0) is 4.79 Å². The number of ether oxygens (including phenoxy) is 2. The van der Waals surface area contributed by atoms with E-state index in [4.69, 9.17) is 14.6 Å². The van der Waals surface area contributed by atoms with Crippen molar-refractivity contribution in [3.63, 3.8) is 0 Å². The van der Waals surface area contributed by atoms with Gasteiger partial charge in [0.1, 0.15) is 24.1 Å². The van der Waals surface area contributed by atoms with Gasteiger partial charge in [0.15, 0.2) is 17.1 Å². The number of rotatable bonds is 6. The molecule has 0 saturated heterocycles. The van der Waals surface area contributed by atoms with Crippen LogP contribution in [0.5, 0.6) is 17.2 Å². The molecule has 28 heavy (non-hydrogen) atoms. The van der Waals surface area contributed by atoms with Crippen molar-refractivity contribution in [1.29, 1.82) is 5.26 Å². The fourth-order valence-electron chi connectivity index (χ4n) is 2.69. The quantitative estimate of drug-likeness (QED) is 0.677. The van der Waals surface area contributed by atoms with Gasteiger partial charge < -0.3 is 19.9 Å². The lowest BCUT2D eigenvalue weighted by Crippen LogP contribution is -2.30. The molecule has 0 bridgehead atoms. The number of hydrogen-bond acceptors (Lipinski definition) is 6. The topological polar surface area (TPSA) is 122 Å². The largest absolute Gasteiger partial charge is 0.494 e. The summed E-state index contributed by atoms with van der Waals surface area (Å²) in [5, 5.41) is 21.4. The van der Waals surface area contributed by atoms with Crippen LogP contribution in [0.1, 0.15) is 16.2 Å². The zero-order chi connectivity index (χ0) is 20.1. The third-order valence-electron chi connectivity index (χ3n) is 3.84. The van der Waals surface area contributed by atoms with Crippen LogP contribution in [0.2, 0.25) is 0 Å². The van der Waals surface area contributed by atoms with Crippen LogP contribution in [0.15, 0.2) is 48.5 Å². The van der Waals surface area contributed by atoms with E-state index in [0.29, 0.717) is 22.3 Å². The second-order valence-corrected chi connectivity index (χ2v) is 5.62. The van der Waals surface area contributed by atoms with Crippen LogP contribution in [-0.4, -0.2) is 35.6 Å². The molecule has 8 nitrogen and oxygen atoms in total. The van der Waals surface area contributed by atoms with Gasteiger partial charge in [-0.25, -0.2) is 4.98 Å². The number of para-hydroxylation sites is 1. The number of aliphatic carboxylic acids is 1. The summed E-state index contributed by atoms with van der Waals surface area (Å²) in [6.45, 7) is -0.583.